The number of nitrogens with zero attached hydrogens (tertiary/aromatic N) is 1. The van der Waals surface area contributed by atoms with Crippen LogP contribution in [-0.4, -0.2) is 23.1 Å². The van der Waals surface area contributed by atoms with E-state index in [0.29, 0.717) is 28.3 Å². The van der Waals surface area contributed by atoms with E-state index in [2.05, 4.69) is 11.6 Å². The maximum atomic E-state index is 11.2. The Morgan fingerprint density at radius 2 is 2.11 bits per heavy atom. The van der Waals surface area contributed by atoms with Crippen molar-refractivity contribution in [2.75, 3.05) is 5.73 Å². The highest BCUT2D eigenvalue weighted by molar-refractivity contribution is 7.90. The summed E-state index contributed by atoms with van der Waals surface area (Å²) in [4.78, 5) is 4.17. The number of benzene rings is 1. The van der Waals surface area contributed by atoms with E-state index in [1.54, 1.807) is 31.2 Å². The molecule has 0 radical (unpaired) electrons. The molecule has 2 rings (SSSR count). The summed E-state index contributed by atoms with van der Waals surface area (Å²) in [5, 5.41) is 12.1. The molecule has 0 aliphatic rings. The number of fused-ring (bicyclic) bond motifs is 1. The van der Waals surface area contributed by atoms with Crippen molar-refractivity contribution in [3.8, 4) is 0 Å². The molecule has 0 fully saturated rings. The fourth-order valence-electron chi connectivity index (χ4n) is 2.62. The van der Waals surface area contributed by atoms with Crippen molar-refractivity contribution in [2.45, 2.75) is 25.4 Å². The number of pyridine rings is 1. The van der Waals surface area contributed by atoms with Gasteiger partial charge in [-0.15, -0.1) is 0 Å². The molecule has 0 bridgehead atoms. The van der Waals surface area contributed by atoms with E-state index in [1.165, 1.54) is 24.3 Å². The summed E-state index contributed by atoms with van der Waals surface area (Å²) in [6.45, 7) is 4.99. The summed E-state index contributed by atoms with van der Waals surface area (Å²) < 4.78 is 31.6. The second kappa shape index (κ2) is 8.22. The van der Waals surface area contributed by atoms with Crippen LogP contribution in [0.3, 0.4) is 0 Å². The van der Waals surface area contributed by atoms with Crippen molar-refractivity contribution in [1.29, 1.82) is 0 Å². The van der Waals surface area contributed by atoms with Crippen LogP contribution in [0.4, 0.5) is 5.69 Å². The summed E-state index contributed by atoms with van der Waals surface area (Å²) >= 11 is 5.97. The third-order valence-electron chi connectivity index (χ3n) is 3.98. The molecular weight excluding hydrogens is 388 g/mol. The zero-order valence-corrected chi connectivity index (χ0v) is 16.3. The predicted octanol–water partition coefficient (Wildman–Crippen LogP) is 3.97. The molecule has 2 aromatic rings. The summed E-state index contributed by atoms with van der Waals surface area (Å²) in [6.07, 6.45) is 5.80. The maximum Gasteiger partial charge on any atom is 0.294 e. The van der Waals surface area contributed by atoms with E-state index in [1.807, 2.05) is 0 Å². The number of nitrogen functional groups attached to an aromatic ring is 1. The van der Waals surface area contributed by atoms with Gasteiger partial charge in [0, 0.05) is 10.4 Å². The lowest BCUT2D eigenvalue weighted by Crippen LogP contribution is -2.24. The Hall–Kier alpha value is -2.19. The Morgan fingerprint density at radius 3 is 2.74 bits per heavy atom. The SMILES string of the molecule is C=C/C=C(\C=C/CCC(C)(O)c1nc2ccc(Cl)cc2cc1N)S(=O)(=O)O. The normalized spacial score (nSPS) is 15.2. The summed E-state index contributed by atoms with van der Waals surface area (Å²) in [5.74, 6) is 0. The second-order valence-corrected chi connectivity index (χ2v) is 8.12. The first kappa shape index (κ1) is 21.1. The third kappa shape index (κ3) is 5.40. The number of aromatic nitrogens is 1. The van der Waals surface area contributed by atoms with Crippen LogP contribution in [0, 0.1) is 0 Å². The van der Waals surface area contributed by atoms with Gasteiger partial charge in [0.15, 0.2) is 0 Å². The second-order valence-electron chi connectivity index (χ2n) is 6.26. The molecule has 6 nitrogen and oxygen atoms in total. The van der Waals surface area contributed by atoms with E-state index < -0.39 is 15.7 Å². The number of hydrogen-bond acceptors (Lipinski definition) is 5. The first-order valence-corrected chi connectivity index (χ1v) is 9.92. The third-order valence-corrected chi connectivity index (χ3v) is 5.08. The first-order chi connectivity index (χ1) is 12.5. The molecule has 1 atom stereocenters. The van der Waals surface area contributed by atoms with E-state index >= 15 is 0 Å². The zero-order chi connectivity index (χ0) is 20.2. The van der Waals surface area contributed by atoms with Gasteiger partial charge in [0.1, 0.15) is 5.60 Å². The fraction of sp³-hybridized carbons (Fsp3) is 0.211. The highest BCUT2D eigenvalue weighted by Gasteiger charge is 2.27. The lowest BCUT2D eigenvalue weighted by atomic mass is 9.93. The zero-order valence-electron chi connectivity index (χ0n) is 14.8. The number of allylic oxidation sites excluding steroid dienone is 4. The van der Waals surface area contributed by atoms with E-state index in [9.17, 15) is 13.5 Å². The van der Waals surface area contributed by atoms with Gasteiger partial charge >= 0.3 is 0 Å². The van der Waals surface area contributed by atoms with Crippen molar-refractivity contribution < 1.29 is 18.1 Å². The molecule has 1 aromatic carbocycles. The van der Waals surface area contributed by atoms with Crippen molar-refractivity contribution >= 4 is 38.3 Å². The van der Waals surface area contributed by atoms with E-state index in [-0.39, 0.29) is 11.3 Å². The van der Waals surface area contributed by atoms with E-state index in [0.717, 1.165) is 5.39 Å². The number of nitrogens with two attached hydrogens (primary N) is 1. The molecule has 1 heterocycles. The molecule has 0 saturated heterocycles. The lowest BCUT2D eigenvalue weighted by Gasteiger charge is -2.24. The standard InChI is InChI=1S/C19H21ClN2O4S/c1-3-6-15(27(24,25)26)7-4-5-10-19(2,23)18-16(21)12-13-11-14(20)8-9-17(13)22-18/h3-4,6-9,11-12,23H,1,5,10,21H2,2H3,(H,24,25,26)/b7-4-,15-6+. The molecule has 0 amide bonds. The van der Waals surface area contributed by atoms with Crippen molar-refractivity contribution in [3.63, 3.8) is 0 Å². The fourth-order valence-corrected chi connectivity index (χ4v) is 3.34. The number of hydrogen-bond donors (Lipinski definition) is 3. The predicted molar refractivity (Wildman–Crippen MR) is 109 cm³/mol. The van der Waals surface area contributed by atoms with Gasteiger partial charge in [0.25, 0.3) is 10.1 Å². The average Bonchev–Trinajstić information content (AvgIpc) is 2.55. The minimum atomic E-state index is -4.33. The molecule has 0 aliphatic carbocycles. The first-order valence-electron chi connectivity index (χ1n) is 8.10. The highest BCUT2D eigenvalue weighted by Crippen LogP contribution is 2.32. The quantitative estimate of drug-likeness (QED) is 0.471. The molecule has 0 spiro atoms. The van der Waals surface area contributed by atoms with Crippen LogP contribution in [0.1, 0.15) is 25.5 Å². The molecule has 0 saturated carbocycles. The van der Waals surface area contributed by atoms with Crippen molar-refractivity contribution in [1.82, 2.24) is 4.98 Å². The Kier molecular flexibility index (Phi) is 6.43. The summed E-state index contributed by atoms with van der Waals surface area (Å²) in [7, 11) is -4.33. The minimum absolute atomic E-state index is 0.243. The number of aliphatic hydroxyl groups is 1. The van der Waals surface area contributed by atoms with Gasteiger partial charge < -0.3 is 10.8 Å². The Balaban J connectivity index is 2.21. The molecule has 144 valence electrons. The van der Waals surface area contributed by atoms with Crippen LogP contribution in [-0.2, 0) is 15.7 Å². The molecule has 1 unspecified atom stereocenters. The topological polar surface area (TPSA) is 114 Å². The Labute approximate surface area is 163 Å². The molecule has 8 heteroatoms. The largest absolute Gasteiger partial charge is 0.397 e. The van der Waals surface area contributed by atoms with Gasteiger partial charge in [-0.2, -0.15) is 8.42 Å². The molecule has 27 heavy (non-hydrogen) atoms. The van der Waals surface area contributed by atoms with Gasteiger partial charge in [-0.3, -0.25) is 4.55 Å². The smallest absolute Gasteiger partial charge is 0.294 e. The van der Waals surface area contributed by atoms with Crippen LogP contribution in [0.5, 0.6) is 0 Å². The van der Waals surface area contributed by atoms with Crippen molar-refractivity contribution in [3.05, 3.63) is 70.8 Å². The van der Waals surface area contributed by atoms with Crippen LogP contribution in [0.25, 0.3) is 10.9 Å². The molecular formula is C19H21ClN2O4S. The van der Waals surface area contributed by atoms with Gasteiger partial charge in [0.05, 0.1) is 21.8 Å². The number of halogens is 1. The monoisotopic (exact) mass is 408 g/mol. The molecule has 0 aliphatic heterocycles. The Morgan fingerprint density at radius 1 is 1.41 bits per heavy atom. The van der Waals surface area contributed by atoms with Crippen molar-refractivity contribution in [2.24, 2.45) is 0 Å². The van der Waals surface area contributed by atoms with Crippen LogP contribution >= 0.6 is 11.6 Å². The van der Waals surface area contributed by atoms with Gasteiger partial charge in [0.2, 0.25) is 0 Å². The number of anilines is 1. The van der Waals surface area contributed by atoms with Crippen LogP contribution < -0.4 is 5.73 Å². The van der Waals surface area contributed by atoms with Gasteiger partial charge in [-0.1, -0.05) is 30.3 Å². The van der Waals surface area contributed by atoms with Crippen LogP contribution in [0.2, 0.25) is 5.02 Å². The van der Waals surface area contributed by atoms with Crippen LogP contribution in [0.15, 0.2) is 60.1 Å². The van der Waals surface area contributed by atoms with Gasteiger partial charge in [-0.05, 0) is 56.2 Å². The maximum absolute atomic E-state index is 11.2. The highest BCUT2D eigenvalue weighted by atomic mass is 35.5. The van der Waals surface area contributed by atoms with Gasteiger partial charge in [-0.25, -0.2) is 4.98 Å². The number of rotatable bonds is 7. The summed E-state index contributed by atoms with van der Waals surface area (Å²) in [6, 6.07) is 6.90. The average molecular weight is 409 g/mol. The summed E-state index contributed by atoms with van der Waals surface area (Å²) in [5.41, 5.74) is 6.05. The van der Waals surface area contributed by atoms with E-state index in [4.69, 9.17) is 21.9 Å². The molecule has 4 N–H and O–H groups in total. The minimum Gasteiger partial charge on any atom is -0.397 e. The lowest BCUT2D eigenvalue weighted by molar-refractivity contribution is 0.0454. The molecule has 1 aromatic heterocycles. The Bertz CT molecular complexity index is 1030.